The van der Waals surface area contributed by atoms with Crippen molar-refractivity contribution in [1.29, 1.82) is 0 Å². The van der Waals surface area contributed by atoms with E-state index in [9.17, 15) is 0 Å². The summed E-state index contributed by atoms with van der Waals surface area (Å²) >= 11 is 11.7. The molecule has 0 spiro atoms. The van der Waals surface area contributed by atoms with Gasteiger partial charge in [-0.25, -0.2) is 9.97 Å². The van der Waals surface area contributed by atoms with Crippen molar-refractivity contribution >= 4 is 23.2 Å². The first-order chi connectivity index (χ1) is 8.19. The number of aliphatic hydroxyl groups is 1. The molecule has 4 nitrogen and oxygen atoms in total. The Morgan fingerprint density at radius 1 is 1.18 bits per heavy atom. The summed E-state index contributed by atoms with van der Waals surface area (Å²) in [5.74, 6) is 0.385. The lowest BCUT2D eigenvalue weighted by Crippen LogP contribution is -1.94. The lowest BCUT2D eigenvalue weighted by molar-refractivity contribution is 0.280. The average molecular weight is 271 g/mol. The predicted molar refractivity (Wildman–Crippen MR) is 64.5 cm³/mol. The summed E-state index contributed by atoms with van der Waals surface area (Å²) in [7, 11) is 0. The van der Waals surface area contributed by atoms with Gasteiger partial charge in [0.15, 0.2) is 5.75 Å². The van der Waals surface area contributed by atoms with E-state index in [0.717, 1.165) is 0 Å². The van der Waals surface area contributed by atoms with Gasteiger partial charge in [0.05, 0.1) is 11.6 Å². The minimum Gasteiger partial charge on any atom is -0.423 e. The van der Waals surface area contributed by atoms with Crippen LogP contribution in [0.3, 0.4) is 0 Å². The zero-order valence-corrected chi connectivity index (χ0v) is 10.1. The number of hydrogen-bond acceptors (Lipinski definition) is 4. The highest BCUT2D eigenvalue weighted by Crippen LogP contribution is 2.30. The van der Waals surface area contributed by atoms with Crippen LogP contribution in [-0.4, -0.2) is 15.1 Å². The highest BCUT2D eigenvalue weighted by atomic mass is 35.5. The molecule has 0 saturated carbocycles. The average Bonchev–Trinajstić information content (AvgIpc) is 2.35. The Morgan fingerprint density at radius 3 is 2.53 bits per heavy atom. The van der Waals surface area contributed by atoms with E-state index in [4.69, 9.17) is 33.0 Å². The third kappa shape index (κ3) is 3.06. The molecule has 0 radical (unpaired) electrons. The largest absolute Gasteiger partial charge is 0.423 e. The third-order valence-electron chi connectivity index (χ3n) is 1.96. The van der Waals surface area contributed by atoms with Gasteiger partial charge in [-0.05, 0) is 12.1 Å². The van der Waals surface area contributed by atoms with Gasteiger partial charge in [-0.1, -0.05) is 23.2 Å². The molecule has 6 heteroatoms. The SMILES string of the molecule is OCc1cnc(Oc2cc(Cl)ccc2Cl)nc1. The summed E-state index contributed by atoms with van der Waals surface area (Å²) < 4.78 is 5.37. The van der Waals surface area contributed by atoms with Crippen molar-refractivity contribution in [1.82, 2.24) is 9.97 Å². The van der Waals surface area contributed by atoms with Crippen LogP contribution in [0.15, 0.2) is 30.6 Å². The first-order valence-electron chi connectivity index (χ1n) is 4.73. The van der Waals surface area contributed by atoms with Crippen LogP contribution in [0.2, 0.25) is 10.0 Å². The van der Waals surface area contributed by atoms with Crippen LogP contribution in [0.5, 0.6) is 11.8 Å². The van der Waals surface area contributed by atoms with E-state index in [1.165, 1.54) is 12.4 Å². The van der Waals surface area contributed by atoms with Gasteiger partial charge in [0.2, 0.25) is 0 Å². The molecule has 1 aromatic heterocycles. The Hall–Kier alpha value is -1.36. The molecule has 0 amide bonds. The summed E-state index contributed by atoms with van der Waals surface area (Å²) in [6.45, 7) is -0.113. The maximum absolute atomic E-state index is 8.84. The van der Waals surface area contributed by atoms with Crippen molar-refractivity contribution in [2.45, 2.75) is 6.61 Å². The van der Waals surface area contributed by atoms with Crippen LogP contribution >= 0.6 is 23.2 Å². The molecule has 0 saturated heterocycles. The van der Waals surface area contributed by atoms with Crippen molar-refractivity contribution < 1.29 is 9.84 Å². The van der Waals surface area contributed by atoms with Gasteiger partial charge in [0.25, 0.3) is 0 Å². The maximum atomic E-state index is 8.84. The number of ether oxygens (including phenoxy) is 1. The smallest absolute Gasteiger partial charge is 0.321 e. The highest BCUT2D eigenvalue weighted by molar-refractivity contribution is 6.34. The molecule has 17 heavy (non-hydrogen) atoms. The zero-order chi connectivity index (χ0) is 12.3. The van der Waals surface area contributed by atoms with Gasteiger partial charge in [0, 0.05) is 29.0 Å². The molecule has 0 aliphatic rings. The second kappa shape index (κ2) is 5.31. The molecule has 0 aliphatic heterocycles. The fraction of sp³-hybridized carbons (Fsp3) is 0.0909. The maximum Gasteiger partial charge on any atom is 0.321 e. The third-order valence-corrected chi connectivity index (χ3v) is 2.51. The van der Waals surface area contributed by atoms with E-state index in [2.05, 4.69) is 9.97 Å². The van der Waals surface area contributed by atoms with E-state index >= 15 is 0 Å². The number of aliphatic hydroxyl groups excluding tert-OH is 1. The number of benzene rings is 1. The monoisotopic (exact) mass is 270 g/mol. The van der Waals surface area contributed by atoms with Crippen molar-refractivity contribution in [3.05, 3.63) is 46.2 Å². The molecule has 1 heterocycles. The summed E-state index contributed by atoms with van der Waals surface area (Å²) in [4.78, 5) is 7.84. The molecule has 2 aromatic rings. The van der Waals surface area contributed by atoms with E-state index < -0.39 is 0 Å². The summed E-state index contributed by atoms with van der Waals surface area (Å²) in [5.41, 5.74) is 0.606. The van der Waals surface area contributed by atoms with E-state index in [-0.39, 0.29) is 12.6 Å². The van der Waals surface area contributed by atoms with Crippen molar-refractivity contribution in [3.63, 3.8) is 0 Å². The standard InChI is InChI=1S/C11H8Cl2N2O2/c12-8-1-2-9(13)10(3-8)17-11-14-4-7(6-16)5-15-11/h1-5,16H,6H2. The number of halogens is 2. The molecule has 1 aromatic carbocycles. The van der Waals surface area contributed by atoms with Crippen LogP contribution < -0.4 is 4.74 Å². The van der Waals surface area contributed by atoms with Crippen LogP contribution in [0.1, 0.15) is 5.56 Å². The molecular weight excluding hydrogens is 263 g/mol. The second-order valence-corrected chi connectivity index (χ2v) is 4.05. The lowest BCUT2D eigenvalue weighted by Gasteiger charge is -2.06. The lowest BCUT2D eigenvalue weighted by atomic mass is 10.3. The predicted octanol–water partition coefficient (Wildman–Crippen LogP) is 3.07. The number of nitrogens with zero attached hydrogens (tertiary/aromatic N) is 2. The Kier molecular flexibility index (Phi) is 3.78. The van der Waals surface area contributed by atoms with E-state index in [1.54, 1.807) is 18.2 Å². The van der Waals surface area contributed by atoms with Gasteiger partial charge in [-0.3, -0.25) is 0 Å². The van der Waals surface area contributed by atoms with Crippen LogP contribution in [0, 0.1) is 0 Å². The summed E-state index contributed by atoms with van der Waals surface area (Å²) in [6.07, 6.45) is 2.95. The van der Waals surface area contributed by atoms with Crippen LogP contribution in [0.4, 0.5) is 0 Å². The minimum atomic E-state index is -0.113. The van der Waals surface area contributed by atoms with Gasteiger partial charge < -0.3 is 9.84 Å². The van der Waals surface area contributed by atoms with Gasteiger partial charge in [0.1, 0.15) is 0 Å². The normalized spacial score (nSPS) is 10.3. The number of aromatic nitrogens is 2. The van der Waals surface area contributed by atoms with Gasteiger partial charge >= 0.3 is 6.01 Å². The fourth-order valence-corrected chi connectivity index (χ4v) is 1.45. The Bertz CT molecular complexity index is 517. The number of rotatable bonds is 3. The van der Waals surface area contributed by atoms with Crippen molar-refractivity contribution in [2.75, 3.05) is 0 Å². The Morgan fingerprint density at radius 2 is 1.88 bits per heavy atom. The zero-order valence-electron chi connectivity index (χ0n) is 8.60. The topological polar surface area (TPSA) is 55.2 Å². The molecule has 2 rings (SSSR count). The van der Waals surface area contributed by atoms with Crippen molar-refractivity contribution in [2.24, 2.45) is 0 Å². The van der Waals surface area contributed by atoms with Crippen LogP contribution in [-0.2, 0) is 6.61 Å². The molecule has 0 fully saturated rings. The molecule has 0 aliphatic carbocycles. The summed E-state index contributed by atoms with van der Waals surface area (Å²) in [5, 5.41) is 9.77. The molecular formula is C11H8Cl2N2O2. The molecule has 0 bridgehead atoms. The minimum absolute atomic E-state index is 0.113. The Balaban J connectivity index is 2.22. The Labute approximate surface area is 108 Å². The summed E-state index contributed by atoms with van der Waals surface area (Å²) in [6, 6.07) is 5.01. The van der Waals surface area contributed by atoms with Gasteiger partial charge in [-0.2, -0.15) is 0 Å². The highest BCUT2D eigenvalue weighted by Gasteiger charge is 2.06. The van der Waals surface area contributed by atoms with Crippen molar-refractivity contribution in [3.8, 4) is 11.8 Å². The van der Waals surface area contributed by atoms with Crippen LogP contribution in [0.25, 0.3) is 0 Å². The van der Waals surface area contributed by atoms with E-state index in [1.807, 2.05) is 0 Å². The first-order valence-corrected chi connectivity index (χ1v) is 5.49. The number of hydrogen-bond donors (Lipinski definition) is 1. The first kappa shape index (κ1) is 12.1. The molecule has 1 N–H and O–H groups in total. The molecule has 0 unspecified atom stereocenters. The second-order valence-electron chi connectivity index (χ2n) is 3.21. The molecule has 88 valence electrons. The van der Waals surface area contributed by atoms with E-state index in [0.29, 0.717) is 21.4 Å². The fourth-order valence-electron chi connectivity index (χ4n) is 1.13. The quantitative estimate of drug-likeness (QED) is 0.932. The van der Waals surface area contributed by atoms with Gasteiger partial charge in [-0.15, -0.1) is 0 Å². The molecule has 0 atom stereocenters.